The first-order valence-corrected chi connectivity index (χ1v) is 10.2. The molecule has 2 aliphatic heterocycles. The van der Waals surface area contributed by atoms with Gasteiger partial charge in [-0.25, -0.2) is 0 Å². The third-order valence-corrected chi connectivity index (χ3v) is 5.74. The van der Waals surface area contributed by atoms with E-state index in [0.29, 0.717) is 43.3 Å². The Morgan fingerprint density at radius 2 is 2.07 bits per heavy atom. The van der Waals surface area contributed by atoms with Crippen LogP contribution in [-0.2, 0) is 11.2 Å². The second-order valence-corrected chi connectivity index (χ2v) is 8.20. The predicted molar refractivity (Wildman–Crippen MR) is 104 cm³/mol. The van der Waals surface area contributed by atoms with Crippen molar-refractivity contribution in [1.29, 1.82) is 0 Å². The minimum Gasteiger partial charge on any atom is -0.493 e. The maximum absolute atomic E-state index is 12.7. The molecule has 0 aliphatic carbocycles. The highest BCUT2D eigenvalue weighted by Gasteiger charge is 2.38. The number of alkyl halides is 1. The third kappa shape index (κ3) is 4.63. The summed E-state index contributed by atoms with van der Waals surface area (Å²) < 4.78 is 23.7. The Bertz CT molecular complexity index is 661. The zero-order valence-corrected chi connectivity index (χ0v) is 16.8. The number of unbranched alkanes of at least 4 members (excludes halogenated alkanes) is 1. The lowest BCUT2D eigenvalue weighted by Crippen LogP contribution is -2.46. The summed E-state index contributed by atoms with van der Waals surface area (Å²) in [5.74, 6) is 2.53. The Morgan fingerprint density at radius 3 is 2.78 bits per heavy atom. The molecule has 27 heavy (non-hydrogen) atoms. The second kappa shape index (κ2) is 9.05. The summed E-state index contributed by atoms with van der Waals surface area (Å²) in [6.07, 6.45) is 3.73. The monoisotopic (exact) mass is 377 g/mol. The van der Waals surface area contributed by atoms with Crippen LogP contribution in [0.4, 0.5) is 4.39 Å². The summed E-state index contributed by atoms with van der Waals surface area (Å²) in [6, 6.07) is 4.26. The highest BCUT2D eigenvalue weighted by atomic mass is 19.1. The van der Waals surface area contributed by atoms with E-state index in [1.165, 1.54) is 11.1 Å². The number of Topliss-reactive ketones (excluding diaryl/α,β-unsaturated/α-hetero) is 1. The van der Waals surface area contributed by atoms with Crippen molar-refractivity contribution in [1.82, 2.24) is 4.90 Å². The summed E-state index contributed by atoms with van der Waals surface area (Å²) >= 11 is 0. The minimum atomic E-state index is -0.311. The first-order chi connectivity index (χ1) is 13.0. The molecule has 0 spiro atoms. The molecule has 0 aromatic heterocycles. The summed E-state index contributed by atoms with van der Waals surface area (Å²) in [5.41, 5.74) is 2.44. The van der Waals surface area contributed by atoms with E-state index < -0.39 is 0 Å². The number of benzene rings is 1. The van der Waals surface area contributed by atoms with Crippen molar-refractivity contribution >= 4 is 5.78 Å². The number of nitrogens with zero attached hydrogens (tertiary/aromatic N) is 1. The largest absolute Gasteiger partial charge is 0.493 e. The molecule has 1 aromatic rings. The van der Waals surface area contributed by atoms with Crippen LogP contribution in [0, 0.1) is 11.8 Å². The van der Waals surface area contributed by atoms with Gasteiger partial charge in [0, 0.05) is 31.5 Å². The number of carbonyl (C=O) groups is 1. The number of rotatable bonds is 8. The number of methoxy groups -OCH3 is 1. The molecule has 4 nitrogen and oxygen atoms in total. The molecule has 2 atom stereocenters. The number of fused-ring (bicyclic) bond motifs is 3. The van der Waals surface area contributed by atoms with E-state index >= 15 is 0 Å². The molecule has 150 valence electrons. The first-order valence-electron chi connectivity index (χ1n) is 10.2. The highest BCUT2D eigenvalue weighted by Crippen LogP contribution is 2.42. The van der Waals surface area contributed by atoms with Crippen molar-refractivity contribution in [3.8, 4) is 11.5 Å². The number of piperidine rings is 1. The molecule has 0 amide bonds. The Balaban J connectivity index is 1.77. The smallest absolute Gasteiger partial charge is 0.161 e. The number of hydrogen-bond acceptors (Lipinski definition) is 4. The summed E-state index contributed by atoms with van der Waals surface area (Å²) in [5, 5.41) is 0. The van der Waals surface area contributed by atoms with Gasteiger partial charge in [-0.2, -0.15) is 0 Å². The van der Waals surface area contributed by atoms with E-state index in [2.05, 4.69) is 24.8 Å². The molecule has 3 rings (SSSR count). The van der Waals surface area contributed by atoms with Crippen molar-refractivity contribution in [2.45, 2.75) is 52.0 Å². The van der Waals surface area contributed by atoms with E-state index in [-0.39, 0.29) is 18.6 Å². The van der Waals surface area contributed by atoms with Crippen molar-refractivity contribution in [3.05, 3.63) is 23.3 Å². The van der Waals surface area contributed by atoms with E-state index in [1.54, 1.807) is 7.11 Å². The standard InChI is InChI=1S/C22H32FNO3/c1-15(2)10-17-14-24-8-6-16-11-22(27-9-5-4-7-23)21(26-3)12-18(16)19(24)13-20(17)25/h11-12,15,17,19H,4-10,13-14H2,1-3H3. The number of hydrogen-bond donors (Lipinski definition) is 0. The fourth-order valence-corrected chi connectivity index (χ4v) is 4.39. The molecule has 1 aromatic carbocycles. The average Bonchev–Trinajstić information content (AvgIpc) is 2.65. The topological polar surface area (TPSA) is 38.8 Å². The number of carbonyl (C=O) groups excluding carboxylic acids is 1. The predicted octanol–water partition coefficient (Wildman–Crippen LogP) is 4.36. The molecule has 0 bridgehead atoms. The van der Waals surface area contributed by atoms with Gasteiger partial charge in [0.2, 0.25) is 0 Å². The Morgan fingerprint density at radius 1 is 1.26 bits per heavy atom. The molecule has 1 saturated heterocycles. The maximum atomic E-state index is 12.7. The van der Waals surface area contributed by atoms with Gasteiger partial charge >= 0.3 is 0 Å². The molecule has 0 saturated carbocycles. The Labute approximate surface area is 162 Å². The van der Waals surface area contributed by atoms with Gasteiger partial charge in [0.25, 0.3) is 0 Å². The fraction of sp³-hybridized carbons (Fsp3) is 0.682. The quantitative estimate of drug-likeness (QED) is 0.631. The molecule has 2 heterocycles. The summed E-state index contributed by atoms with van der Waals surface area (Å²) in [4.78, 5) is 15.2. The van der Waals surface area contributed by atoms with Crippen molar-refractivity contribution in [2.24, 2.45) is 11.8 Å². The average molecular weight is 378 g/mol. The van der Waals surface area contributed by atoms with E-state index in [4.69, 9.17) is 9.47 Å². The first kappa shape index (κ1) is 20.1. The molecule has 0 N–H and O–H groups in total. The lowest BCUT2D eigenvalue weighted by molar-refractivity contribution is -0.129. The van der Waals surface area contributed by atoms with Crippen LogP contribution in [-0.4, -0.2) is 44.2 Å². The molecule has 5 heteroatoms. The van der Waals surface area contributed by atoms with Crippen LogP contribution >= 0.6 is 0 Å². The SMILES string of the molecule is COc1cc2c(cc1OCCCCF)CCN1CC(CC(C)C)C(=O)CC21. The molecule has 2 aliphatic rings. The van der Waals surface area contributed by atoms with Crippen LogP contribution < -0.4 is 9.47 Å². The van der Waals surface area contributed by atoms with Gasteiger partial charge in [-0.3, -0.25) is 14.1 Å². The lowest BCUT2D eigenvalue weighted by atomic mass is 9.80. The Hall–Kier alpha value is -1.62. The zero-order chi connectivity index (χ0) is 19.4. The van der Waals surface area contributed by atoms with Crippen molar-refractivity contribution < 1.29 is 18.7 Å². The zero-order valence-electron chi connectivity index (χ0n) is 16.8. The van der Waals surface area contributed by atoms with E-state index in [9.17, 15) is 9.18 Å². The fourth-order valence-electron chi connectivity index (χ4n) is 4.39. The van der Waals surface area contributed by atoms with Gasteiger partial charge in [-0.05, 0) is 54.9 Å². The third-order valence-electron chi connectivity index (χ3n) is 5.74. The number of halogens is 1. The van der Waals surface area contributed by atoms with Crippen LogP contribution in [0.2, 0.25) is 0 Å². The number of ether oxygens (including phenoxy) is 2. The van der Waals surface area contributed by atoms with Crippen LogP contribution in [0.15, 0.2) is 12.1 Å². The van der Waals surface area contributed by atoms with Gasteiger partial charge < -0.3 is 9.47 Å². The van der Waals surface area contributed by atoms with Gasteiger partial charge in [0.1, 0.15) is 5.78 Å². The van der Waals surface area contributed by atoms with Crippen molar-refractivity contribution in [3.63, 3.8) is 0 Å². The van der Waals surface area contributed by atoms with Crippen LogP contribution in [0.25, 0.3) is 0 Å². The van der Waals surface area contributed by atoms with Crippen LogP contribution in [0.1, 0.15) is 56.7 Å². The van der Waals surface area contributed by atoms with Gasteiger partial charge in [-0.1, -0.05) is 13.8 Å². The van der Waals surface area contributed by atoms with Gasteiger partial charge in [-0.15, -0.1) is 0 Å². The molecule has 0 radical (unpaired) electrons. The van der Waals surface area contributed by atoms with Crippen molar-refractivity contribution in [2.75, 3.05) is 33.5 Å². The van der Waals surface area contributed by atoms with Gasteiger partial charge in [0.15, 0.2) is 11.5 Å². The minimum absolute atomic E-state index is 0.152. The molecular formula is C22H32FNO3. The maximum Gasteiger partial charge on any atom is 0.161 e. The van der Waals surface area contributed by atoms with Crippen LogP contribution in [0.3, 0.4) is 0 Å². The number of ketones is 1. The van der Waals surface area contributed by atoms with E-state index in [0.717, 1.165) is 31.7 Å². The molecule has 1 fully saturated rings. The second-order valence-electron chi connectivity index (χ2n) is 8.20. The van der Waals surface area contributed by atoms with Crippen LogP contribution in [0.5, 0.6) is 11.5 Å². The molecular weight excluding hydrogens is 345 g/mol. The summed E-state index contributed by atoms with van der Waals surface area (Å²) in [7, 11) is 1.64. The van der Waals surface area contributed by atoms with E-state index in [1.807, 2.05) is 6.07 Å². The highest BCUT2D eigenvalue weighted by molar-refractivity contribution is 5.83. The summed E-state index contributed by atoms with van der Waals surface area (Å²) in [6.45, 7) is 6.39. The molecule has 2 unspecified atom stereocenters. The lowest BCUT2D eigenvalue weighted by Gasteiger charge is -2.43. The Kier molecular flexibility index (Phi) is 6.74. The van der Waals surface area contributed by atoms with Gasteiger partial charge in [0.05, 0.1) is 20.4 Å². The normalized spacial score (nSPS) is 22.5.